The third-order valence-corrected chi connectivity index (χ3v) is 2.82. The second-order valence-corrected chi connectivity index (χ2v) is 4.42. The molecule has 1 aromatic carbocycles. The van der Waals surface area contributed by atoms with Gasteiger partial charge in [-0.25, -0.2) is 9.59 Å². The van der Waals surface area contributed by atoms with Gasteiger partial charge in [-0.3, -0.25) is 0 Å². The van der Waals surface area contributed by atoms with E-state index in [2.05, 4.69) is 10.6 Å². The van der Waals surface area contributed by atoms with Crippen molar-refractivity contribution in [3.63, 3.8) is 0 Å². The van der Waals surface area contributed by atoms with Gasteiger partial charge in [-0.05, 0) is 31.0 Å². The molecule has 0 radical (unpaired) electrons. The number of carboxylic acid groups (broad SMARTS) is 1. The van der Waals surface area contributed by atoms with Crippen LogP contribution in [-0.4, -0.2) is 23.1 Å². The molecule has 8 heteroatoms. The van der Waals surface area contributed by atoms with Gasteiger partial charge in [0.05, 0.1) is 5.56 Å². The van der Waals surface area contributed by atoms with Gasteiger partial charge in [0.1, 0.15) is 6.04 Å². The minimum Gasteiger partial charge on any atom is -0.480 e. The number of carboxylic acids is 1. The number of carbonyl (C=O) groups is 2. The standard InChI is InChI=1S/C13H15F3N2O3/c1-3-9(11(19)20)17-12(21)18-10-6-8(13(14,15)16)5-4-7(10)2/h4-6,9H,3H2,1-2H3,(H,19,20)(H2,17,18,21)/t9-/m0/s1. The Labute approximate surface area is 119 Å². The van der Waals surface area contributed by atoms with Crippen molar-refractivity contribution in [2.75, 3.05) is 5.32 Å². The van der Waals surface area contributed by atoms with E-state index in [9.17, 15) is 22.8 Å². The number of halogens is 3. The van der Waals surface area contributed by atoms with Crippen molar-refractivity contribution in [2.24, 2.45) is 0 Å². The smallest absolute Gasteiger partial charge is 0.416 e. The third kappa shape index (κ3) is 4.66. The van der Waals surface area contributed by atoms with E-state index in [1.54, 1.807) is 6.92 Å². The van der Waals surface area contributed by atoms with Gasteiger partial charge in [0.15, 0.2) is 0 Å². The van der Waals surface area contributed by atoms with Gasteiger partial charge >= 0.3 is 18.2 Å². The Morgan fingerprint density at radius 2 is 1.95 bits per heavy atom. The van der Waals surface area contributed by atoms with Crippen LogP contribution in [0.2, 0.25) is 0 Å². The molecule has 0 fully saturated rings. The first-order valence-corrected chi connectivity index (χ1v) is 6.13. The summed E-state index contributed by atoms with van der Waals surface area (Å²) in [6, 6.07) is 0.969. The van der Waals surface area contributed by atoms with Gasteiger partial charge in [-0.2, -0.15) is 13.2 Å². The SMILES string of the molecule is CC[C@H](NC(=O)Nc1cc(C(F)(F)F)ccc1C)C(=O)O. The van der Waals surface area contributed by atoms with E-state index in [4.69, 9.17) is 5.11 Å². The summed E-state index contributed by atoms with van der Waals surface area (Å²) in [6.07, 6.45) is -4.36. The molecule has 1 aromatic rings. The fourth-order valence-corrected chi connectivity index (χ4v) is 1.59. The Bertz CT molecular complexity index is 544. The quantitative estimate of drug-likeness (QED) is 0.800. The van der Waals surface area contributed by atoms with Crippen LogP contribution in [0.15, 0.2) is 18.2 Å². The zero-order valence-corrected chi connectivity index (χ0v) is 11.4. The summed E-state index contributed by atoms with van der Waals surface area (Å²) in [6.45, 7) is 3.10. The lowest BCUT2D eigenvalue weighted by molar-refractivity contribution is -0.139. The molecule has 0 aliphatic heterocycles. The van der Waals surface area contributed by atoms with Crippen molar-refractivity contribution in [3.05, 3.63) is 29.3 Å². The van der Waals surface area contributed by atoms with E-state index in [-0.39, 0.29) is 12.1 Å². The summed E-state index contributed by atoms with van der Waals surface area (Å²) in [4.78, 5) is 22.4. The van der Waals surface area contributed by atoms with Crippen LogP contribution in [0.4, 0.5) is 23.7 Å². The van der Waals surface area contributed by atoms with Crippen molar-refractivity contribution in [1.82, 2.24) is 5.32 Å². The first-order valence-electron chi connectivity index (χ1n) is 6.13. The number of benzene rings is 1. The van der Waals surface area contributed by atoms with Crippen molar-refractivity contribution in [2.45, 2.75) is 32.5 Å². The van der Waals surface area contributed by atoms with E-state index in [0.717, 1.165) is 12.1 Å². The molecule has 0 spiro atoms. The van der Waals surface area contributed by atoms with Gasteiger partial charge in [-0.1, -0.05) is 13.0 Å². The fraction of sp³-hybridized carbons (Fsp3) is 0.385. The van der Waals surface area contributed by atoms with E-state index in [0.29, 0.717) is 5.56 Å². The average molecular weight is 304 g/mol. The summed E-state index contributed by atoms with van der Waals surface area (Å²) >= 11 is 0. The van der Waals surface area contributed by atoms with Crippen molar-refractivity contribution in [1.29, 1.82) is 0 Å². The number of rotatable bonds is 4. The Hall–Kier alpha value is -2.25. The number of hydrogen-bond acceptors (Lipinski definition) is 2. The topological polar surface area (TPSA) is 78.4 Å². The Morgan fingerprint density at radius 1 is 1.33 bits per heavy atom. The predicted molar refractivity (Wildman–Crippen MR) is 70.1 cm³/mol. The van der Waals surface area contributed by atoms with Gasteiger partial charge < -0.3 is 15.7 Å². The monoisotopic (exact) mass is 304 g/mol. The van der Waals surface area contributed by atoms with Crippen LogP contribution in [0.3, 0.4) is 0 Å². The molecular weight excluding hydrogens is 289 g/mol. The number of hydrogen-bond donors (Lipinski definition) is 3. The van der Waals surface area contributed by atoms with Crippen molar-refractivity contribution < 1.29 is 27.9 Å². The minimum atomic E-state index is -4.52. The fourth-order valence-electron chi connectivity index (χ4n) is 1.59. The van der Waals surface area contributed by atoms with Crippen molar-refractivity contribution >= 4 is 17.7 Å². The van der Waals surface area contributed by atoms with Crippen molar-refractivity contribution in [3.8, 4) is 0 Å². The first kappa shape index (κ1) is 16.8. The van der Waals surface area contributed by atoms with Crippen LogP contribution in [0, 0.1) is 6.92 Å². The Kier molecular flexibility index (Phi) is 5.17. The maximum Gasteiger partial charge on any atom is 0.416 e. The molecular formula is C13H15F3N2O3. The highest BCUT2D eigenvalue weighted by atomic mass is 19.4. The van der Waals surface area contributed by atoms with Gasteiger partial charge in [0.25, 0.3) is 0 Å². The van der Waals surface area contributed by atoms with E-state index in [1.165, 1.54) is 13.0 Å². The zero-order valence-electron chi connectivity index (χ0n) is 11.4. The summed E-state index contributed by atoms with van der Waals surface area (Å²) in [5, 5.41) is 13.2. The highest BCUT2D eigenvalue weighted by molar-refractivity contribution is 5.92. The summed E-state index contributed by atoms with van der Waals surface area (Å²) < 4.78 is 37.8. The lowest BCUT2D eigenvalue weighted by atomic mass is 10.1. The number of aliphatic carboxylic acids is 1. The lowest BCUT2D eigenvalue weighted by Gasteiger charge is -2.15. The number of urea groups is 1. The zero-order chi connectivity index (χ0) is 16.2. The molecule has 1 rings (SSSR count). The second kappa shape index (κ2) is 6.47. The van der Waals surface area contributed by atoms with Gasteiger partial charge in [0, 0.05) is 5.69 Å². The molecule has 0 aromatic heterocycles. The molecule has 3 N–H and O–H groups in total. The molecule has 0 aliphatic rings. The molecule has 2 amide bonds. The third-order valence-electron chi connectivity index (χ3n) is 2.82. The predicted octanol–water partition coefficient (Wildman–Crippen LogP) is 3.00. The summed E-state index contributed by atoms with van der Waals surface area (Å²) in [5.41, 5.74) is -0.488. The van der Waals surface area contributed by atoms with Gasteiger partial charge in [-0.15, -0.1) is 0 Å². The van der Waals surface area contributed by atoms with E-state index in [1.807, 2.05) is 0 Å². The highest BCUT2D eigenvalue weighted by Crippen LogP contribution is 2.31. The molecule has 0 saturated carbocycles. The molecule has 0 aliphatic carbocycles. The maximum atomic E-state index is 12.6. The van der Waals surface area contributed by atoms with Crippen LogP contribution in [-0.2, 0) is 11.0 Å². The molecule has 5 nitrogen and oxygen atoms in total. The molecule has 116 valence electrons. The second-order valence-electron chi connectivity index (χ2n) is 4.42. The number of aryl methyl sites for hydroxylation is 1. The largest absolute Gasteiger partial charge is 0.480 e. The van der Waals surface area contributed by atoms with Crippen LogP contribution in [0.5, 0.6) is 0 Å². The Morgan fingerprint density at radius 3 is 2.43 bits per heavy atom. The maximum absolute atomic E-state index is 12.6. The molecule has 0 unspecified atom stereocenters. The van der Waals surface area contributed by atoms with E-state index < -0.39 is 29.8 Å². The summed E-state index contributed by atoms with van der Waals surface area (Å²) in [7, 11) is 0. The van der Waals surface area contributed by atoms with Gasteiger partial charge in [0.2, 0.25) is 0 Å². The normalized spacial score (nSPS) is 12.6. The number of amides is 2. The summed E-state index contributed by atoms with van der Waals surface area (Å²) in [5.74, 6) is -1.21. The molecule has 0 heterocycles. The molecule has 0 bridgehead atoms. The molecule has 0 saturated heterocycles. The van der Waals surface area contributed by atoms with Crippen LogP contribution >= 0.6 is 0 Å². The Balaban J connectivity index is 2.87. The van der Waals surface area contributed by atoms with Crippen LogP contribution < -0.4 is 10.6 Å². The minimum absolute atomic E-state index is 0.0254. The average Bonchev–Trinajstić information content (AvgIpc) is 2.36. The molecule has 21 heavy (non-hydrogen) atoms. The number of alkyl halides is 3. The van der Waals surface area contributed by atoms with E-state index >= 15 is 0 Å². The highest BCUT2D eigenvalue weighted by Gasteiger charge is 2.31. The molecule has 1 atom stereocenters. The number of carbonyl (C=O) groups excluding carboxylic acids is 1. The number of anilines is 1. The van der Waals surface area contributed by atoms with Crippen LogP contribution in [0.1, 0.15) is 24.5 Å². The first-order chi connectivity index (χ1) is 9.65. The lowest BCUT2D eigenvalue weighted by Crippen LogP contribution is -2.42. The number of nitrogens with one attached hydrogen (secondary N) is 2. The van der Waals surface area contributed by atoms with Crippen LogP contribution in [0.25, 0.3) is 0 Å².